The molecule has 0 saturated carbocycles. The van der Waals surface area contributed by atoms with E-state index in [4.69, 9.17) is 0 Å². The Morgan fingerprint density at radius 2 is 1.65 bits per heavy atom. The Kier molecular flexibility index (Phi) is 6.02. The molecule has 2 aliphatic heterocycles. The fourth-order valence-corrected chi connectivity index (χ4v) is 5.54. The van der Waals surface area contributed by atoms with Gasteiger partial charge < -0.3 is 15.1 Å². The predicted octanol–water partition coefficient (Wildman–Crippen LogP) is 3.67. The van der Waals surface area contributed by atoms with E-state index in [1.165, 1.54) is 12.1 Å². The zero-order valence-corrected chi connectivity index (χ0v) is 18.7. The number of amides is 1. The first-order valence-corrected chi connectivity index (χ1v) is 11.5. The molecule has 2 unspecified atom stereocenters. The summed E-state index contributed by atoms with van der Waals surface area (Å²) >= 11 is 0. The number of carboxylic acid groups (broad SMARTS) is 1. The average Bonchev–Trinajstić information content (AvgIpc) is 3.32. The fourth-order valence-electron chi connectivity index (χ4n) is 5.54. The van der Waals surface area contributed by atoms with Gasteiger partial charge in [0.25, 0.3) is 0 Å². The van der Waals surface area contributed by atoms with Gasteiger partial charge in [0.05, 0.1) is 6.04 Å². The summed E-state index contributed by atoms with van der Waals surface area (Å²) in [4.78, 5) is 23.9. The lowest BCUT2D eigenvalue weighted by atomic mass is 9.75. The summed E-state index contributed by atoms with van der Waals surface area (Å²) < 4.78 is 13.8. The van der Waals surface area contributed by atoms with Crippen molar-refractivity contribution in [3.63, 3.8) is 0 Å². The Balaban J connectivity index is 1.55. The van der Waals surface area contributed by atoms with E-state index in [1.54, 1.807) is 54.0 Å². The zero-order valence-electron chi connectivity index (χ0n) is 18.7. The molecule has 0 radical (unpaired) electrons. The first kappa shape index (κ1) is 22.4. The third-order valence-corrected chi connectivity index (χ3v) is 7.18. The van der Waals surface area contributed by atoms with Crippen LogP contribution in [0.2, 0.25) is 0 Å². The van der Waals surface area contributed by atoms with Crippen molar-refractivity contribution in [3.8, 4) is 0 Å². The summed E-state index contributed by atoms with van der Waals surface area (Å²) in [7, 11) is 0. The quantitative estimate of drug-likeness (QED) is 0.581. The highest BCUT2D eigenvalue weighted by Gasteiger charge is 2.50. The molecule has 2 N–H and O–H groups in total. The van der Waals surface area contributed by atoms with Crippen molar-refractivity contribution in [2.75, 3.05) is 19.6 Å². The van der Waals surface area contributed by atoms with Gasteiger partial charge in [0.1, 0.15) is 11.4 Å². The Labute approximate surface area is 197 Å². The van der Waals surface area contributed by atoms with E-state index in [0.717, 1.165) is 18.4 Å². The number of hydrogen-bond acceptors (Lipinski definition) is 5. The average molecular weight is 463 g/mol. The minimum absolute atomic E-state index is 0.0208. The van der Waals surface area contributed by atoms with Crippen molar-refractivity contribution in [1.82, 2.24) is 19.8 Å². The molecule has 0 aliphatic carbocycles. The van der Waals surface area contributed by atoms with Crippen LogP contribution in [0.5, 0.6) is 0 Å². The number of pyridine rings is 2. The molecule has 4 heterocycles. The van der Waals surface area contributed by atoms with E-state index in [1.807, 2.05) is 12.1 Å². The standard InChI is InChI=1S/C26H27FN4O3/c27-22-9-7-18(8-10-22)24(30-16-19(17-30)23-6-3-13-31(23)25(32)33)26(34,20-4-1-11-28-14-20)21-5-2-12-29-15-21/h1-2,4-5,7-12,14-15,19,23-24,34H,3,6,13,16-17H2,(H,32,33). The Morgan fingerprint density at radius 3 is 2.18 bits per heavy atom. The van der Waals surface area contributed by atoms with Gasteiger partial charge in [-0.05, 0) is 42.7 Å². The lowest BCUT2D eigenvalue weighted by Gasteiger charge is -2.52. The molecule has 5 rings (SSSR count). The van der Waals surface area contributed by atoms with Crippen LogP contribution in [-0.4, -0.2) is 61.8 Å². The molecule has 2 fully saturated rings. The number of likely N-dealkylation sites (tertiary alicyclic amines) is 2. The van der Waals surface area contributed by atoms with Gasteiger partial charge in [0, 0.05) is 67.5 Å². The summed E-state index contributed by atoms with van der Waals surface area (Å²) in [5, 5.41) is 22.0. The van der Waals surface area contributed by atoms with E-state index in [2.05, 4.69) is 14.9 Å². The van der Waals surface area contributed by atoms with Crippen LogP contribution >= 0.6 is 0 Å². The predicted molar refractivity (Wildman–Crippen MR) is 123 cm³/mol. The topological polar surface area (TPSA) is 89.8 Å². The van der Waals surface area contributed by atoms with Gasteiger partial charge in [-0.1, -0.05) is 24.3 Å². The normalized spacial score (nSPS) is 20.2. The molecular weight excluding hydrogens is 435 g/mol. The smallest absolute Gasteiger partial charge is 0.407 e. The first-order valence-electron chi connectivity index (χ1n) is 11.5. The monoisotopic (exact) mass is 462 g/mol. The summed E-state index contributed by atoms with van der Waals surface area (Å²) in [5.74, 6) is -0.174. The van der Waals surface area contributed by atoms with Crippen LogP contribution in [0.15, 0.2) is 73.3 Å². The SMILES string of the molecule is O=C(O)N1CCCC1C1CN(C(c2ccc(F)cc2)C(O)(c2cccnc2)c2cccnc2)C1. The van der Waals surface area contributed by atoms with Crippen LogP contribution < -0.4 is 0 Å². The molecule has 7 nitrogen and oxygen atoms in total. The maximum Gasteiger partial charge on any atom is 0.407 e. The molecule has 8 heteroatoms. The Bertz CT molecular complexity index is 1080. The second-order valence-corrected chi connectivity index (χ2v) is 9.10. The lowest BCUT2D eigenvalue weighted by molar-refractivity contribution is -0.0796. The highest BCUT2D eigenvalue weighted by atomic mass is 19.1. The number of rotatable bonds is 6. The van der Waals surface area contributed by atoms with E-state index < -0.39 is 17.7 Å². The zero-order chi connectivity index (χ0) is 23.7. The van der Waals surface area contributed by atoms with E-state index in [-0.39, 0.29) is 17.8 Å². The van der Waals surface area contributed by atoms with Gasteiger partial charge in [-0.15, -0.1) is 0 Å². The van der Waals surface area contributed by atoms with Crippen molar-refractivity contribution in [3.05, 3.63) is 95.8 Å². The third-order valence-electron chi connectivity index (χ3n) is 7.18. The van der Waals surface area contributed by atoms with Gasteiger partial charge in [-0.25, -0.2) is 9.18 Å². The summed E-state index contributed by atoms with van der Waals surface area (Å²) in [6.45, 7) is 1.81. The second-order valence-electron chi connectivity index (χ2n) is 9.10. The Hall–Kier alpha value is -3.36. The molecule has 2 aliphatic rings. The molecule has 1 aromatic carbocycles. The highest BCUT2D eigenvalue weighted by molar-refractivity contribution is 5.66. The summed E-state index contributed by atoms with van der Waals surface area (Å²) in [5.41, 5.74) is 0.465. The summed E-state index contributed by atoms with van der Waals surface area (Å²) in [6, 6.07) is 12.8. The van der Waals surface area contributed by atoms with Gasteiger partial charge in [0.15, 0.2) is 0 Å². The van der Waals surface area contributed by atoms with Gasteiger partial charge >= 0.3 is 6.09 Å². The number of aromatic nitrogens is 2. The number of hydrogen-bond donors (Lipinski definition) is 2. The van der Waals surface area contributed by atoms with Crippen LogP contribution in [-0.2, 0) is 5.60 Å². The maximum atomic E-state index is 13.8. The maximum absolute atomic E-state index is 13.8. The van der Waals surface area contributed by atoms with Gasteiger partial charge in [-0.3, -0.25) is 14.9 Å². The number of nitrogens with zero attached hydrogens (tertiary/aromatic N) is 4. The van der Waals surface area contributed by atoms with Crippen molar-refractivity contribution < 1.29 is 19.4 Å². The van der Waals surface area contributed by atoms with Crippen molar-refractivity contribution in [2.45, 2.75) is 30.5 Å². The number of carbonyl (C=O) groups is 1. The number of halogens is 1. The van der Waals surface area contributed by atoms with Crippen molar-refractivity contribution >= 4 is 6.09 Å². The molecule has 3 aromatic rings. The number of benzene rings is 1. The molecule has 2 saturated heterocycles. The van der Waals surface area contributed by atoms with E-state index in [0.29, 0.717) is 30.8 Å². The van der Waals surface area contributed by atoms with Crippen LogP contribution in [0.1, 0.15) is 35.6 Å². The van der Waals surface area contributed by atoms with E-state index in [9.17, 15) is 19.4 Å². The van der Waals surface area contributed by atoms with Crippen LogP contribution in [0.3, 0.4) is 0 Å². The van der Waals surface area contributed by atoms with Crippen LogP contribution in [0.4, 0.5) is 9.18 Å². The molecule has 0 bridgehead atoms. The van der Waals surface area contributed by atoms with Gasteiger partial charge in [0.2, 0.25) is 0 Å². The van der Waals surface area contributed by atoms with Crippen LogP contribution in [0, 0.1) is 11.7 Å². The molecular formula is C26H27FN4O3. The largest absolute Gasteiger partial charge is 0.465 e. The minimum atomic E-state index is -1.51. The second kappa shape index (κ2) is 9.12. The molecule has 2 aromatic heterocycles. The molecule has 176 valence electrons. The molecule has 34 heavy (non-hydrogen) atoms. The van der Waals surface area contributed by atoms with Crippen LogP contribution in [0.25, 0.3) is 0 Å². The molecule has 2 atom stereocenters. The summed E-state index contributed by atoms with van der Waals surface area (Å²) in [6.07, 6.45) is 7.43. The van der Waals surface area contributed by atoms with Gasteiger partial charge in [-0.2, -0.15) is 0 Å². The Morgan fingerprint density at radius 1 is 1.03 bits per heavy atom. The van der Waals surface area contributed by atoms with Crippen molar-refractivity contribution in [2.24, 2.45) is 5.92 Å². The minimum Gasteiger partial charge on any atom is -0.465 e. The number of aliphatic hydroxyl groups is 1. The highest BCUT2D eigenvalue weighted by Crippen LogP contribution is 2.47. The fraction of sp³-hybridized carbons (Fsp3) is 0.346. The lowest BCUT2D eigenvalue weighted by Crippen LogP contribution is -2.60. The van der Waals surface area contributed by atoms with E-state index >= 15 is 0 Å². The third kappa shape index (κ3) is 3.93. The van der Waals surface area contributed by atoms with Crippen molar-refractivity contribution in [1.29, 1.82) is 0 Å². The molecule has 1 amide bonds. The molecule has 0 spiro atoms. The first-order chi connectivity index (χ1) is 16.5.